The van der Waals surface area contributed by atoms with Gasteiger partial charge < -0.3 is 14.6 Å². The third kappa shape index (κ3) is 4.99. The fraction of sp³-hybridized carbons (Fsp3) is 0.710. The van der Waals surface area contributed by atoms with Crippen LogP contribution in [0, 0.1) is 17.8 Å². The Morgan fingerprint density at radius 2 is 1.53 bits per heavy atom. The van der Waals surface area contributed by atoms with Crippen LogP contribution in [0.25, 0.3) is 11.0 Å². The van der Waals surface area contributed by atoms with E-state index in [9.17, 15) is 9.59 Å². The number of piperidine rings is 1. The highest BCUT2D eigenvalue weighted by atomic mass is 16.4. The molecule has 4 heterocycles. The van der Waals surface area contributed by atoms with Crippen LogP contribution in [0.2, 0.25) is 0 Å². The number of carboxylic acid groups (broad SMARTS) is 1. The normalized spacial score (nSPS) is 32.9. The van der Waals surface area contributed by atoms with Gasteiger partial charge in [-0.15, -0.1) is 0 Å². The first-order valence-electron chi connectivity index (χ1n) is 15.1. The Hall–Kier alpha value is -2.41. The van der Waals surface area contributed by atoms with E-state index < -0.39 is 5.97 Å². The van der Waals surface area contributed by atoms with Crippen molar-refractivity contribution in [2.45, 2.75) is 109 Å². The van der Waals surface area contributed by atoms with Gasteiger partial charge in [0.05, 0.1) is 17.5 Å². The standard InChI is InChI=1S/C31H44N4O3/c1-20-7-3-4-8-21(2)14-25(13-20)34-23-11-12-24(34)17-26(16-23)35-28-10-6-5-9-27(28)32-30(31(35)38)33-18-22(19-33)15-29(36)37/h5-6,9-10,20-26H,3-4,7-8,11-19H2,1-2H3,(H,36,37)/t20-,21+,23-,24+,25?,26?. The zero-order chi connectivity index (χ0) is 26.4. The largest absolute Gasteiger partial charge is 0.481 e. The maximum absolute atomic E-state index is 14.0. The molecule has 2 unspecified atom stereocenters. The highest BCUT2D eigenvalue weighted by Crippen LogP contribution is 2.45. The number of nitrogens with zero attached hydrogens (tertiary/aromatic N) is 4. The number of anilines is 1. The fourth-order valence-corrected chi connectivity index (χ4v) is 8.31. The van der Waals surface area contributed by atoms with Crippen molar-refractivity contribution in [3.05, 3.63) is 34.6 Å². The van der Waals surface area contributed by atoms with Crippen LogP contribution in [0.15, 0.2) is 29.1 Å². The zero-order valence-corrected chi connectivity index (χ0v) is 23.1. The first-order valence-corrected chi connectivity index (χ1v) is 15.1. The molecule has 38 heavy (non-hydrogen) atoms. The van der Waals surface area contributed by atoms with E-state index in [1.165, 1.54) is 51.4 Å². The summed E-state index contributed by atoms with van der Waals surface area (Å²) in [5, 5.41) is 9.16. The Kier molecular flexibility index (Phi) is 7.23. The van der Waals surface area contributed by atoms with Gasteiger partial charge in [0.2, 0.25) is 0 Å². The summed E-state index contributed by atoms with van der Waals surface area (Å²) in [6.45, 7) is 6.10. The molecule has 3 saturated heterocycles. The van der Waals surface area contributed by atoms with E-state index in [-0.39, 0.29) is 23.9 Å². The lowest BCUT2D eigenvalue weighted by molar-refractivity contribution is -0.138. The van der Waals surface area contributed by atoms with Gasteiger partial charge in [0.25, 0.3) is 5.56 Å². The minimum Gasteiger partial charge on any atom is -0.481 e. The lowest BCUT2D eigenvalue weighted by Gasteiger charge is -2.46. The summed E-state index contributed by atoms with van der Waals surface area (Å²) in [5.41, 5.74) is 1.80. The van der Waals surface area contributed by atoms with E-state index in [1.807, 2.05) is 29.2 Å². The molecule has 3 aliphatic heterocycles. The number of aliphatic carboxylic acids is 1. The van der Waals surface area contributed by atoms with Gasteiger partial charge in [-0.05, 0) is 62.5 Å². The molecule has 4 aliphatic rings. The van der Waals surface area contributed by atoms with Crippen molar-refractivity contribution < 1.29 is 9.90 Å². The van der Waals surface area contributed by atoms with E-state index >= 15 is 0 Å². The molecule has 1 aromatic heterocycles. The second kappa shape index (κ2) is 10.6. The van der Waals surface area contributed by atoms with Gasteiger partial charge in [-0.1, -0.05) is 51.7 Å². The maximum Gasteiger partial charge on any atom is 0.303 e. The van der Waals surface area contributed by atoms with Crippen molar-refractivity contribution in [1.29, 1.82) is 0 Å². The molecule has 0 amide bonds. The SMILES string of the molecule is C[C@@H]1CCCC[C@H](C)CC(N2[C@@H]3CC[C@H]2CC(n2c(=O)c(N4CC(CC(=O)O)C4)nc4ccccc42)C3)C1. The lowest BCUT2D eigenvalue weighted by Crippen LogP contribution is -2.52. The molecular weight excluding hydrogens is 476 g/mol. The summed E-state index contributed by atoms with van der Waals surface area (Å²) in [5.74, 6) is 1.39. The molecule has 7 nitrogen and oxygen atoms in total. The Morgan fingerprint density at radius 1 is 0.895 bits per heavy atom. The predicted octanol–water partition coefficient (Wildman–Crippen LogP) is 5.47. The summed E-state index contributed by atoms with van der Waals surface area (Å²) in [6.07, 6.45) is 12.8. The number of hydrogen-bond acceptors (Lipinski definition) is 5. The second-order valence-corrected chi connectivity index (χ2v) is 13.0. The van der Waals surface area contributed by atoms with E-state index in [4.69, 9.17) is 10.1 Å². The molecule has 1 saturated carbocycles. The Bertz CT molecular complexity index is 1190. The van der Waals surface area contributed by atoms with Crippen LogP contribution in [0.4, 0.5) is 5.82 Å². The van der Waals surface area contributed by atoms with Crippen LogP contribution in [0.3, 0.4) is 0 Å². The molecule has 206 valence electrons. The van der Waals surface area contributed by atoms with Crippen LogP contribution < -0.4 is 10.5 Å². The van der Waals surface area contributed by atoms with Crippen LogP contribution >= 0.6 is 0 Å². The summed E-state index contributed by atoms with van der Waals surface area (Å²) in [4.78, 5) is 34.8. The number of aromatic nitrogens is 2. The fourth-order valence-electron chi connectivity index (χ4n) is 8.31. The molecular formula is C31H44N4O3. The van der Waals surface area contributed by atoms with Gasteiger partial charge in [0, 0.05) is 43.2 Å². The number of hydrogen-bond donors (Lipinski definition) is 1. The number of benzene rings is 1. The van der Waals surface area contributed by atoms with Gasteiger partial charge in [-0.3, -0.25) is 14.5 Å². The molecule has 6 rings (SSSR count). The minimum atomic E-state index is -0.774. The molecule has 0 spiro atoms. The molecule has 4 fully saturated rings. The third-order valence-corrected chi connectivity index (χ3v) is 10.0. The molecule has 2 bridgehead atoms. The summed E-state index contributed by atoms with van der Waals surface area (Å²) in [6, 6.07) is 10.0. The van der Waals surface area contributed by atoms with Crippen molar-refractivity contribution in [3.8, 4) is 0 Å². The molecule has 1 aromatic carbocycles. The number of para-hydroxylation sites is 2. The molecule has 2 aromatic rings. The lowest BCUT2D eigenvalue weighted by atomic mass is 9.87. The van der Waals surface area contributed by atoms with E-state index in [1.54, 1.807) is 0 Å². The van der Waals surface area contributed by atoms with Gasteiger partial charge in [0.1, 0.15) is 0 Å². The van der Waals surface area contributed by atoms with Gasteiger partial charge in [-0.2, -0.15) is 0 Å². The maximum atomic E-state index is 14.0. The van der Waals surface area contributed by atoms with E-state index in [2.05, 4.69) is 23.3 Å². The van der Waals surface area contributed by atoms with E-state index in [0.717, 1.165) is 35.7 Å². The van der Waals surface area contributed by atoms with Gasteiger partial charge >= 0.3 is 5.97 Å². The van der Waals surface area contributed by atoms with Crippen LogP contribution in [-0.4, -0.2) is 56.7 Å². The van der Waals surface area contributed by atoms with E-state index in [0.29, 0.717) is 37.0 Å². The molecule has 7 heteroatoms. The average molecular weight is 521 g/mol. The Morgan fingerprint density at radius 3 is 2.16 bits per heavy atom. The minimum absolute atomic E-state index is 0.0000102. The second-order valence-electron chi connectivity index (χ2n) is 13.0. The van der Waals surface area contributed by atoms with Crippen molar-refractivity contribution in [2.24, 2.45) is 17.8 Å². The number of carbonyl (C=O) groups is 1. The monoisotopic (exact) mass is 520 g/mol. The molecule has 6 atom stereocenters. The predicted molar refractivity (Wildman–Crippen MR) is 151 cm³/mol. The number of carboxylic acids is 1. The quantitative estimate of drug-likeness (QED) is 0.563. The average Bonchev–Trinajstić information content (AvgIpc) is 3.16. The Labute approximate surface area is 226 Å². The number of fused-ring (bicyclic) bond motifs is 3. The molecule has 0 radical (unpaired) electrons. The smallest absolute Gasteiger partial charge is 0.303 e. The van der Waals surface area contributed by atoms with Gasteiger partial charge in [0.15, 0.2) is 5.82 Å². The highest BCUT2D eigenvalue weighted by molar-refractivity contribution is 5.77. The summed E-state index contributed by atoms with van der Waals surface area (Å²) in [7, 11) is 0. The van der Waals surface area contributed by atoms with Crippen LogP contribution in [0.1, 0.15) is 90.5 Å². The molecule has 1 aliphatic carbocycles. The van der Waals surface area contributed by atoms with Crippen molar-refractivity contribution >= 4 is 22.8 Å². The summed E-state index contributed by atoms with van der Waals surface area (Å²) >= 11 is 0. The Balaban J connectivity index is 1.27. The topological polar surface area (TPSA) is 78.7 Å². The zero-order valence-electron chi connectivity index (χ0n) is 23.1. The third-order valence-electron chi connectivity index (χ3n) is 10.0. The molecule has 1 N–H and O–H groups in total. The van der Waals surface area contributed by atoms with Crippen molar-refractivity contribution in [1.82, 2.24) is 14.5 Å². The van der Waals surface area contributed by atoms with Crippen LogP contribution in [0.5, 0.6) is 0 Å². The summed E-state index contributed by atoms with van der Waals surface area (Å²) < 4.78 is 2.07. The number of rotatable bonds is 5. The first kappa shape index (κ1) is 25.8. The highest BCUT2D eigenvalue weighted by Gasteiger charge is 2.45. The van der Waals surface area contributed by atoms with Crippen LogP contribution in [-0.2, 0) is 4.79 Å². The van der Waals surface area contributed by atoms with Crippen molar-refractivity contribution in [3.63, 3.8) is 0 Å². The van der Waals surface area contributed by atoms with Crippen molar-refractivity contribution in [2.75, 3.05) is 18.0 Å². The first-order chi connectivity index (χ1) is 18.4. The van der Waals surface area contributed by atoms with Gasteiger partial charge in [-0.25, -0.2) is 4.98 Å².